The number of benzene rings is 1. The molecule has 1 aromatic carbocycles. The van der Waals surface area contributed by atoms with Gasteiger partial charge in [0.1, 0.15) is 11.5 Å². The number of hydrogen-bond acceptors (Lipinski definition) is 3. The molecule has 96 valence electrons. The molecule has 0 aliphatic heterocycles. The van der Waals surface area contributed by atoms with Crippen LogP contribution < -0.4 is 9.16 Å². The zero-order valence-corrected chi connectivity index (χ0v) is 12.2. The molecule has 0 radical (unpaired) electrons. The molecule has 0 aliphatic carbocycles. The highest BCUT2D eigenvalue weighted by Crippen LogP contribution is 2.20. The molecule has 17 heavy (non-hydrogen) atoms. The summed E-state index contributed by atoms with van der Waals surface area (Å²) in [6.45, 7) is 7.06. The van der Waals surface area contributed by atoms with Gasteiger partial charge >= 0.3 is 8.56 Å². The van der Waals surface area contributed by atoms with Crippen LogP contribution in [0.25, 0.3) is 0 Å². The first-order valence-corrected chi connectivity index (χ1v) is 8.86. The molecule has 0 saturated heterocycles. The number of rotatable bonds is 7. The van der Waals surface area contributed by atoms with Crippen LogP contribution >= 0.6 is 0 Å². The molecule has 4 heteroatoms. The average molecular weight is 254 g/mol. The fraction of sp³-hybridized carbons (Fsp3) is 0.538. The van der Waals surface area contributed by atoms with Gasteiger partial charge in [0.05, 0.1) is 7.11 Å². The molecular formula is C13H22O3Si. The van der Waals surface area contributed by atoms with Crippen molar-refractivity contribution in [2.75, 3.05) is 13.7 Å². The Morgan fingerprint density at radius 1 is 1.06 bits per heavy atom. The van der Waals surface area contributed by atoms with Gasteiger partial charge in [0.15, 0.2) is 0 Å². The molecule has 0 heterocycles. The van der Waals surface area contributed by atoms with E-state index in [4.69, 9.17) is 13.6 Å². The smallest absolute Gasteiger partial charge is 0.392 e. The van der Waals surface area contributed by atoms with E-state index in [9.17, 15) is 0 Å². The molecule has 1 rings (SSSR count). The van der Waals surface area contributed by atoms with Crippen LogP contribution in [-0.2, 0) is 4.43 Å². The van der Waals surface area contributed by atoms with E-state index >= 15 is 0 Å². The summed E-state index contributed by atoms with van der Waals surface area (Å²) >= 11 is 0. The third-order valence-corrected chi connectivity index (χ3v) is 4.00. The molecule has 0 aliphatic rings. The highest BCUT2D eigenvalue weighted by Gasteiger charge is 2.26. The van der Waals surface area contributed by atoms with Crippen molar-refractivity contribution >= 4 is 8.56 Å². The second-order valence-corrected chi connectivity index (χ2v) is 7.67. The minimum Gasteiger partial charge on any atom is -0.520 e. The van der Waals surface area contributed by atoms with Crippen molar-refractivity contribution in [3.8, 4) is 11.5 Å². The molecule has 0 fully saturated rings. The first-order valence-electron chi connectivity index (χ1n) is 6.04. The third-order valence-electron chi connectivity index (χ3n) is 2.37. The normalized spacial score (nSPS) is 11.3. The third kappa shape index (κ3) is 5.24. The Bertz CT molecular complexity index is 322. The topological polar surface area (TPSA) is 27.7 Å². The van der Waals surface area contributed by atoms with E-state index in [0.29, 0.717) is 0 Å². The molecule has 0 spiro atoms. The first-order chi connectivity index (χ1) is 8.07. The van der Waals surface area contributed by atoms with Crippen LogP contribution in [0.15, 0.2) is 24.3 Å². The van der Waals surface area contributed by atoms with Crippen molar-refractivity contribution < 1.29 is 13.6 Å². The summed E-state index contributed by atoms with van der Waals surface area (Å²) in [5, 5.41) is 0. The second-order valence-electron chi connectivity index (χ2n) is 4.38. The van der Waals surface area contributed by atoms with Crippen molar-refractivity contribution in [3.05, 3.63) is 24.3 Å². The quantitative estimate of drug-likeness (QED) is 0.550. The van der Waals surface area contributed by atoms with Crippen LogP contribution in [0.4, 0.5) is 0 Å². The standard InChI is InChI=1S/C13H22O3Si/c1-5-6-11-15-17(3,4)16-13-9-7-12(14-2)8-10-13/h7-10H,5-6,11H2,1-4H3. The summed E-state index contributed by atoms with van der Waals surface area (Å²) in [6.07, 6.45) is 2.23. The summed E-state index contributed by atoms with van der Waals surface area (Å²) in [5.74, 6) is 1.68. The average Bonchev–Trinajstić information content (AvgIpc) is 2.30. The number of ether oxygens (including phenoxy) is 1. The largest absolute Gasteiger partial charge is 0.520 e. The van der Waals surface area contributed by atoms with E-state index in [2.05, 4.69) is 20.0 Å². The maximum absolute atomic E-state index is 5.91. The summed E-state index contributed by atoms with van der Waals surface area (Å²) in [5.41, 5.74) is 0. The van der Waals surface area contributed by atoms with Crippen LogP contribution in [0.1, 0.15) is 19.8 Å². The van der Waals surface area contributed by atoms with Crippen LogP contribution in [0, 0.1) is 0 Å². The summed E-state index contributed by atoms with van der Waals surface area (Å²) < 4.78 is 16.8. The Labute approximate surface area is 105 Å². The molecule has 0 unspecified atom stereocenters. The van der Waals surface area contributed by atoms with Crippen LogP contribution in [0.2, 0.25) is 13.1 Å². The lowest BCUT2D eigenvalue weighted by molar-refractivity contribution is 0.243. The molecule has 0 amide bonds. The SMILES string of the molecule is CCCCO[Si](C)(C)Oc1ccc(OC)cc1. The lowest BCUT2D eigenvalue weighted by Crippen LogP contribution is -2.38. The molecule has 1 aromatic rings. The highest BCUT2D eigenvalue weighted by molar-refractivity contribution is 6.65. The van der Waals surface area contributed by atoms with E-state index in [0.717, 1.165) is 30.9 Å². The predicted octanol–water partition coefficient (Wildman–Crippen LogP) is 3.59. The summed E-state index contributed by atoms with van der Waals surface area (Å²) in [7, 11) is -0.395. The van der Waals surface area contributed by atoms with E-state index in [-0.39, 0.29) is 0 Å². The molecule has 0 N–H and O–H groups in total. The minimum absolute atomic E-state index is 0.784. The van der Waals surface area contributed by atoms with Gasteiger partial charge in [0.25, 0.3) is 0 Å². The van der Waals surface area contributed by atoms with Crippen molar-refractivity contribution in [2.24, 2.45) is 0 Å². The number of hydrogen-bond donors (Lipinski definition) is 0. The van der Waals surface area contributed by atoms with E-state index in [1.54, 1.807) is 7.11 Å². The van der Waals surface area contributed by atoms with Gasteiger partial charge < -0.3 is 13.6 Å². The maximum atomic E-state index is 5.91. The van der Waals surface area contributed by atoms with Crippen molar-refractivity contribution in [2.45, 2.75) is 32.9 Å². The fourth-order valence-electron chi connectivity index (χ4n) is 1.42. The van der Waals surface area contributed by atoms with Gasteiger partial charge in [-0.25, -0.2) is 0 Å². The number of methoxy groups -OCH3 is 1. The molecule has 3 nitrogen and oxygen atoms in total. The Hall–Kier alpha value is -1.00. The zero-order valence-electron chi connectivity index (χ0n) is 11.2. The molecule has 0 saturated carbocycles. The Morgan fingerprint density at radius 2 is 1.65 bits per heavy atom. The first kappa shape index (κ1) is 14.1. The second kappa shape index (κ2) is 6.66. The van der Waals surface area contributed by atoms with Gasteiger partial charge in [-0.3, -0.25) is 0 Å². The zero-order chi connectivity index (χ0) is 12.7. The molecule has 0 aromatic heterocycles. The van der Waals surface area contributed by atoms with Crippen LogP contribution in [0.3, 0.4) is 0 Å². The van der Waals surface area contributed by atoms with Gasteiger partial charge in [0, 0.05) is 6.61 Å². The van der Waals surface area contributed by atoms with Gasteiger partial charge in [0.2, 0.25) is 0 Å². The van der Waals surface area contributed by atoms with Crippen molar-refractivity contribution in [3.63, 3.8) is 0 Å². The minimum atomic E-state index is -2.05. The van der Waals surface area contributed by atoms with Gasteiger partial charge in [-0.15, -0.1) is 0 Å². The fourth-order valence-corrected chi connectivity index (χ4v) is 2.82. The van der Waals surface area contributed by atoms with Crippen LogP contribution in [-0.4, -0.2) is 22.3 Å². The van der Waals surface area contributed by atoms with Gasteiger partial charge in [-0.1, -0.05) is 13.3 Å². The van der Waals surface area contributed by atoms with E-state index < -0.39 is 8.56 Å². The Balaban J connectivity index is 2.50. The maximum Gasteiger partial charge on any atom is 0.392 e. The lowest BCUT2D eigenvalue weighted by atomic mass is 10.3. The number of unbranched alkanes of at least 4 members (excludes halogenated alkanes) is 1. The van der Waals surface area contributed by atoms with E-state index in [1.807, 2.05) is 24.3 Å². The Kier molecular flexibility index (Phi) is 5.51. The molecule has 0 atom stereocenters. The monoisotopic (exact) mass is 254 g/mol. The van der Waals surface area contributed by atoms with Crippen LogP contribution in [0.5, 0.6) is 11.5 Å². The van der Waals surface area contributed by atoms with Gasteiger partial charge in [-0.05, 0) is 43.8 Å². The van der Waals surface area contributed by atoms with Crippen molar-refractivity contribution in [1.29, 1.82) is 0 Å². The molecule has 0 bridgehead atoms. The highest BCUT2D eigenvalue weighted by atomic mass is 28.4. The summed E-state index contributed by atoms with van der Waals surface area (Å²) in [6, 6.07) is 7.62. The summed E-state index contributed by atoms with van der Waals surface area (Å²) in [4.78, 5) is 0. The van der Waals surface area contributed by atoms with Gasteiger partial charge in [-0.2, -0.15) is 0 Å². The molecular weight excluding hydrogens is 232 g/mol. The Morgan fingerprint density at radius 3 is 2.18 bits per heavy atom. The lowest BCUT2D eigenvalue weighted by Gasteiger charge is -2.23. The predicted molar refractivity (Wildman–Crippen MR) is 72.0 cm³/mol. The van der Waals surface area contributed by atoms with Crippen molar-refractivity contribution in [1.82, 2.24) is 0 Å². The van der Waals surface area contributed by atoms with E-state index in [1.165, 1.54) is 0 Å².